The van der Waals surface area contributed by atoms with Crippen molar-refractivity contribution in [1.29, 1.82) is 10.8 Å². The molecule has 2 aromatic rings. The van der Waals surface area contributed by atoms with Crippen LogP contribution in [0.4, 0.5) is 0 Å². The standard InChI is InChI=1S/C22H30N4O/c1-22(25,16-18-12-8-5-9-13-18)21(24)27-20(23)19(26(2)3)15-14-17-10-6-4-7-11-17/h4-13,19,23-24H,14-16,25H2,1-3H3/t19?,22-/m1/s1. The molecule has 0 aliphatic heterocycles. The number of likely N-dealkylation sites (N-methyl/N-ethyl adjacent to an activating group) is 1. The lowest BCUT2D eigenvalue weighted by Gasteiger charge is -2.29. The average Bonchev–Trinajstić information content (AvgIpc) is 2.63. The van der Waals surface area contributed by atoms with Gasteiger partial charge in [-0.2, -0.15) is 0 Å². The fourth-order valence-electron chi connectivity index (χ4n) is 2.97. The van der Waals surface area contributed by atoms with Gasteiger partial charge in [0.25, 0.3) is 0 Å². The van der Waals surface area contributed by atoms with Crippen LogP contribution in [0.25, 0.3) is 0 Å². The minimum atomic E-state index is -0.968. The molecule has 0 amide bonds. The van der Waals surface area contributed by atoms with Crippen LogP contribution < -0.4 is 5.73 Å². The van der Waals surface area contributed by atoms with E-state index in [2.05, 4.69) is 12.1 Å². The van der Waals surface area contributed by atoms with Crippen molar-refractivity contribution in [2.24, 2.45) is 5.73 Å². The van der Waals surface area contributed by atoms with Crippen molar-refractivity contribution >= 4 is 11.8 Å². The highest BCUT2D eigenvalue weighted by Crippen LogP contribution is 2.15. The third-order valence-corrected chi connectivity index (χ3v) is 4.62. The maximum Gasteiger partial charge on any atom is 0.209 e. The van der Waals surface area contributed by atoms with Gasteiger partial charge in [-0.1, -0.05) is 60.7 Å². The van der Waals surface area contributed by atoms with Crippen LogP contribution in [0.15, 0.2) is 60.7 Å². The molecular formula is C22H30N4O. The van der Waals surface area contributed by atoms with E-state index in [9.17, 15) is 0 Å². The summed E-state index contributed by atoms with van der Waals surface area (Å²) in [5, 5.41) is 16.7. The SMILES string of the molecule is CN(C)C(CCc1ccccc1)C(=N)OC(=N)[C@](C)(N)Cc1ccccc1. The molecule has 0 aliphatic carbocycles. The van der Waals surface area contributed by atoms with Gasteiger partial charge in [-0.15, -0.1) is 0 Å². The van der Waals surface area contributed by atoms with Crippen LogP contribution >= 0.6 is 0 Å². The summed E-state index contributed by atoms with van der Waals surface area (Å²) in [4.78, 5) is 1.95. The first-order valence-electron chi connectivity index (χ1n) is 9.18. The predicted molar refractivity (Wildman–Crippen MR) is 112 cm³/mol. The molecule has 27 heavy (non-hydrogen) atoms. The lowest BCUT2D eigenvalue weighted by Crippen LogP contribution is -2.50. The smallest absolute Gasteiger partial charge is 0.209 e. The third kappa shape index (κ3) is 6.31. The van der Waals surface area contributed by atoms with Crippen molar-refractivity contribution in [3.05, 3.63) is 71.8 Å². The zero-order valence-electron chi connectivity index (χ0n) is 16.4. The maximum absolute atomic E-state index is 8.37. The number of rotatable bonds is 8. The summed E-state index contributed by atoms with van der Waals surface area (Å²) in [5.74, 6) is -0.0198. The van der Waals surface area contributed by atoms with Gasteiger partial charge in [0.1, 0.15) is 0 Å². The number of nitrogens with two attached hydrogens (primary N) is 1. The van der Waals surface area contributed by atoms with Crippen LogP contribution in [0.1, 0.15) is 24.5 Å². The molecule has 0 saturated heterocycles. The minimum Gasteiger partial charge on any atom is -0.426 e. The summed E-state index contributed by atoms with van der Waals surface area (Å²) in [6, 6.07) is 19.8. The summed E-state index contributed by atoms with van der Waals surface area (Å²) < 4.78 is 5.60. The Morgan fingerprint density at radius 1 is 1.00 bits per heavy atom. The first kappa shape index (κ1) is 20.8. The van der Waals surface area contributed by atoms with E-state index in [4.69, 9.17) is 21.3 Å². The molecule has 2 rings (SSSR count). The second-order valence-electron chi connectivity index (χ2n) is 7.38. The summed E-state index contributed by atoms with van der Waals surface area (Å²) in [6.07, 6.45) is 2.06. The highest BCUT2D eigenvalue weighted by molar-refractivity contribution is 5.95. The highest BCUT2D eigenvalue weighted by Gasteiger charge is 2.30. The first-order chi connectivity index (χ1) is 12.8. The van der Waals surface area contributed by atoms with Crippen molar-refractivity contribution in [1.82, 2.24) is 4.90 Å². The molecular weight excluding hydrogens is 336 g/mol. The van der Waals surface area contributed by atoms with Crippen molar-refractivity contribution < 1.29 is 4.74 Å². The van der Waals surface area contributed by atoms with Crippen molar-refractivity contribution in [3.63, 3.8) is 0 Å². The number of aryl methyl sites for hydroxylation is 1. The van der Waals surface area contributed by atoms with Crippen LogP contribution in [-0.4, -0.2) is 42.4 Å². The van der Waals surface area contributed by atoms with Crippen LogP contribution in [0.5, 0.6) is 0 Å². The van der Waals surface area contributed by atoms with Gasteiger partial charge in [-0.3, -0.25) is 15.7 Å². The molecule has 144 valence electrons. The molecule has 0 radical (unpaired) electrons. The van der Waals surface area contributed by atoms with E-state index in [0.717, 1.165) is 18.4 Å². The number of nitrogens with one attached hydrogen (secondary N) is 2. The Kier molecular flexibility index (Phi) is 7.28. The summed E-state index contributed by atoms with van der Waals surface area (Å²) in [6.45, 7) is 1.77. The second kappa shape index (κ2) is 9.44. The molecule has 0 aromatic heterocycles. The van der Waals surface area contributed by atoms with Gasteiger partial charge in [-0.25, -0.2) is 0 Å². The molecule has 5 nitrogen and oxygen atoms in total. The van der Waals surface area contributed by atoms with Crippen LogP contribution in [0.2, 0.25) is 0 Å². The molecule has 0 spiro atoms. The third-order valence-electron chi connectivity index (χ3n) is 4.62. The molecule has 0 bridgehead atoms. The average molecular weight is 367 g/mol. The maximum atomic E-state index is 8.37. The van der Waals surface area contributed by atoms with Gasteiger partial charge in [0.2, 0.25) is 11.8 Å². The number of ether oxygens (including phenoxy) is 1. The van der Waals surface area contributed by atoms with Gasteiger partial charge in [0, 0.05) is 0 Å². The Morgan fingerprint density at radius 2 is 1.52 bits per heavy atom. The second-order valence-corrected chi connectivity index (χ2v) is 7.38. The van der Waals surface area contributed by atoms with Crippen molar-refractivity contribution in [2.75, 3.05) is 14.1 Å². The zero-order valence-corrected chi connectivity index (χ0v) is 16.4. The Morgan fingerprint density at radius 3 is 2.04 bits per heavy atom. The molecule has 0 saturated carbocycles. The minimum absolute atomic E-state index is 0.0608. The summed E-state index contributed by atoms with van der Waals surface area (Å²) >= 11 is 0. The first-order valence-corrected chi connectivity index (χ1v) is 9.18. The summed E-state index contributed by atoms with van der Waals surface area (Å²) in [7, 11) is 3.84. The normalized spacial score (nSPS) is 14.4. The number of benzene rings is 2. The van der Waals surface area contributed by atoms with E-state index < -0.39 is 5.54 Å². The van der Waals surface area contributed by atoms with Crippen LogP contribution in [0.3, 0.4) is 0 Å². The largest absolute Gasteiger partial charge is 0.426 e. The molecule has 4 N–H and O–H groups in total. The highest BCUT2D eigenvalue weighted by atomic mass is 16.5. The van der Waals surface area contributed by atoms with E-state index in [-0.39, 0.29) is 17.8 Å². The van der Waals surface area contributed by atoms with E-state index in [1.165, 1.54) is 5.56 Å². The van der Waals surface area contributed by atoms with Gasteiger partial charge >= 0.3 is 0 Å². The van der Waals surface area contributed by atoms with Gasteiger partial charge in [-0.05, 0) is 51.4 Å². The number of nitrogens with zero attached hydrogens (tertiary/aromatic N) is 1. The Labute approximate surface area is 162 Å². The molecule has 0 aliphatic rings. The molecule has 1 unspecified atom stereocenters. The Hall–Kier alpha value is -2.50. The fraction of sp³-hybridized carbons (Fsp3) is 0.364. The van der Waals surface area contributed by atoms with E-state index in [1.54, 1.807) is 6.92 Å². The molecule has 2 atom stereocenters. The topological polar surface area (TPSA) is 86.2 Å². The number of hydrogen-bond acceptors (Lipinski definition) is 5. The quantitative estimate of drug-likeness (QED) is 0.494. The van der Waals surface area contributed by atoms with E-state index in [0.29, 0.717) is 6.42 Å². The lowest BCUT2D eigenvalue weighted by molar-refractivity contribution is 0.302. The Bertz CT molecular complexity index is 741. The van der Waals surface area contributed by atoms with Crippen LogP contribution in [-0.2, 0) is 17.6 Å². The van der Waals surface area contributed by atoms with E-state index >= 15 is 0 Å². The molecule has 5 heteroatoms. The summed E-state index contributed by atoms with van der Waals surface area (Å²) in [5.41, 5.74) is 7.61. The van der Waals surface area contributed by atoms with Gasteiger partial charge < -0.3 is 10.5 Å². The molecule has 2 aromatic carbocycles. The van der Waals surface area contributed by atoms with Crippen molar-refractivity contribution in [2.45, 2.75) is 37.8 Å². The van der Waals surface area contributed by atoms with Gasteiger partial charge in [0.15, 0.2) is 0 Å². The number of hydrogen-bond donors (Lipinski definition) is 3. The predicted octanol–water partition coefficient (Wildman–Crippen LogP) is 3.48. The van der Waals surface area contributed by atoms with Crippen molar-refractivity contribution in [3.8, 4) is 0 Å². The molecule has 0 heterocycles. The van der Waals surface area contributed by atoms with Gasteiger partial charge in [0.05, 0.1) is 11.6 Å². The monoisotopic (exact) mass is 366 g/mol. The van der Waals surface area contributed by atoms with Crippen LogP contribution in [0, 0.1) is 10.8 Å². The lowest BCUT2D eigenvalue weighted by atomic mass is 9.93. The Balaban J connectivity index is 1.97. The zero-order chi connectivity index (χ0) is 19.9. The fourth-order valence-corrected chi connectivity index (χ4v) is 2.97. The van der Waals surface area contributed by atoms with E-state index in [1.807, 2.05) is 67.5 Å². The molecule has 0 fully saturated rings.